The summed E-state index contributed by atoms with van der Waals surface area (Å²) in [5, 5.41) is 2.40. The second-order valence-corrected chi connectivity index (χ2v) is 5.16. The van der Waals surface area contributed by atoms with Gasteiger partial charge in [-0.15, -0.1) is 0 Å². The maximum Gasteiger partial charge on any atom is 0.327 e. The highest BCUT2D eigenvalue weighted by Gasteiger charge is 2.07. The van der Waals surface area contributed by atoms with Crippen LogP contribution in [0.3, 0.4) is 0 Å². The highest BCUT2D eigenvalue weighted by molar-refractivity contribution is 6.01. The second-order valence-electron chi connectivity index (χ2n) is 5.16. The van der Waals surface area contributed by atoms with Gasteiger partial charge in [-0.2, -0.15) is 0 Å². The van der Waals surface area contributed by atoms with Gasteiger partial charge >= 0.3 is 5.97 Å². The zero-order chi connectivity index (χ0) is 16.1. The molecule has 0 unspecified atom stereocenters. The molecular formula is C20H17NO2. The zero-order valence-corrected chi connectivity index (χ0v) is 12.9. The Morgan fingerprint density at radius 2 is 1.65 bits per heavy atom. The van der Waals surface area contributed by atoms with Crippen LogP contribution in [-0.4, -0.2) is 25.8 Å². The average molecular weight is 303 g/mol. The van der Waals surface area contributed by atoms with E-state index in [0.717, 1.165) is 16.7 Å². The number of esters is 1. The van der Waals surface area contributed by atoms with Gasteiger partial charge in [-0.1, -0.05) is 66.7 Å². The largest absolute Gasteiger partial charge is 0.468 e. The fourth-order valence-electron chi connectivity index (χ4n) is 2.60. The minimum Gasteiger partial charge on any atom is -0.468 e. The molecule has 3 rings (SSSR count). The van der Waals surface area contributed by atoms with E-state index < -0.39 is 0 Å². The molecule has 0 radical (unpaired) electrons. The number of benzene rings is 3. The predicted molar refractivity (Wildman–Crippen MR) is 93.9 cm³/mol. The summed E-state index contributed by atoms with van der Waals surface area (Å²) >= 11 is 0. The maximum absolute atomic E-state index is 11.2. The molecule has 3 heteroatoms. The number of hydrogen-bond donors (Lipinski definition) is 0. The number of fused-ring (bicyclic) bond motifs is 1. The molecule has 3 aromatic carbocycles. The first kappa shape index (κ1) is 15.0. The monoisotopic (exact) mass is 303 g/mol. The normalized spacial score (nSPS) is 11.0. The lowest BCUT2D eigenvalue weighted by Crippen LogP contribution is -2.04. The summed E-state index contributed by atoms with van der Waals surface area (Å²) < 4.78 is 4.61. The van der Waals surface area contributed by atoms with Crippen LogP contribution in [0.15, 0.2) is 71.7 Å². The Morgan fingerprint density at radius 3 is 2.52 bits per heavy atom. The number of rotatable bonds is 4. The smallest absolute Gasteiger partial charge is 0.327 e. The lowest BCUT2D eigenvalue weighted by Gasteiger charge is -2.09. The third-order valence-corrected chi connectivity index (χ3v) is 3.72. The van der Waals surface area contributed by atoms with Gasteiger partial charge in [0.2, 0.25) is 0 Å². The van der Waals surface area contributed by atoms with Gasteiger partial charge in [-0.25, -0.2) is 0 Å². The van der Waals surface area contributed by atoms with E-state index in [1.165, 1.54) is 17.9 Å². The molecule has 0 atom stereocenters. The molecule has 0 aliphatic carbocycles. The van der Waals surface area contributed by atoms with Crippen molar-refractivity contribution in [3.63, 3.8) is 0 Å². The molecule has 0 heterocycles. The van der Waals surface area contributed by atoms with Gasteiger partial charge in [0.15, 0.2) is 0 Å². The topological polar surface area (TPSA) is 38.7 Å². The molecule has 0 aliphatic heterocycles. The molecule has 0 aliphatic rings. The number of methoxy groups -OCH3 is 1. The predicted octanol–water partition coefficient (Wildman–Crippen LogP) is 4.10. The van der Waals surface area contributed by atoms with E-state index in [0.29, 0.717) is 0 Å². The van der Waals surface area contributed by atoms with Crippen LogP contribution in [0.2, 0.25) is 0 Å². The van der Waals surface area contributed by atoms with Crippen molar-refractivity contribution in [2.45, 2.75) is 0 Å². The van der Waals surface area contributed by atoms with Crippen molar-refractivity contribution >= 4 is 23.0 Å². The lowest BCUT2D eigenvalue weighted by molar-refractivity contribution is -0.138. The molecule has 3 nitrogen and oxygen atoms in total. The van der Waals surface area contributed by atoms with Gasteiger partial charge in [0.05, 0.1) is 7.11 Å². The first-order valence-electron chi connectivity index (χ1n) is 7.43. The van der Waals surface area contributed by atoms with Crippen molar-refractivity contribution in [3.05, 3.63) is 72.3 Å². The van der Waals surface area contributed by atoms with Gasteiger partial charge in [-0.3, -0.25) is 9.79 Å². The summed E-state index contributed by atoms with van der Waals surface area (Å²) in [6.07, 6.45) is 1.73. The van der Waals surface area contributed by atoms with Crippen LogP contribution >= 0.6 is 0 Å². The number of carbonyl (C=O) groups excluding carboxylic acids is 1. The Morgan fingerprint density at radius 1 is 0.957 bits per heavy atom. The quantitative estimate of drug-likeness (QED) is 0.537. The maximum atomic E-state index is 11.2. The van der Waals surface area contributed by atoms with Gasteiger partial charge < -0.3 is 4.74 Å². The molecule has 0 aromatic heterocycles. The number of aliphatic imine (C=N–C) groups is 1. The third-order valence-electron chi connectivity index (χ3n) is 3.72. The van der Waals surface area contributed by atoms with E-state index in [2.05, 4.69) is 46.1 Å². The molecule has 0 saturated carbocycles. The summed E-state index contributed by atoms with van der Waals surface area (Å²) in [5.41, 5.74) is 3.23. The van der Waals surface area contributed by atoms with Crippen LogP contribution in [0.1, 0.15) is 5.56 Å². The fraction of sp³-hybridized carbons (Fsp3) is 0.100. The van der Waals surface area contributed by atoms with E-state index in [9.17, 15) is 4.79 Å². The molecule has 0 N–H and O–H groups in total. The molecule has 23 heavy (non-hydrogen) atoms. The molecule has 0 bridgehead atoms. The number of nitrogens with zero attached hydrogens (tertiary/aromatic N) is 1. The van der Waals surface area contributed by atoms with E-state index in [1.807, 2.05) is 30.3 Å². The summed E-state index contributed by atoms with van der Waals surface area (Å²) in [6, 6.07) is 22.6. The molecule has 0 spiro atoms. The number of ether oxygens (including phenoxy) is 1. The first-order valence-corrected chi connectivity index (χ1v) is 7.43. The number of hydrogen-bond acceptors (Lipinski definition) is 3. The van der Waals surface area contributed by atoms with Crippen LogP contribution in [-0.2, 0) is 9.53 Å². The van der Waals surface area contributed by atoms with E-state index >= 15 is 0 Å². The van der Waals surface area contributed by atoms with E-state index in [-0.39, 0.29) is 12.5 Å². The Labute approximate surface area is 135 Å². The fourth-order valence-corrected chi connectivity index (χ4v) is 2.60. The highest BCUT2D eigenvalue weighted by Crippen LogP contribution is 2.30. The zero-order valence-electron chi connectivity index (χ0n) is 12.9. The third kappa shape index (κ3) is 3.29. The summed E-state index contributed by atoms with van der Waals surface area (Å²) in [7, 11) is 1.36. The lowest BCUT2D eigenvalue weighted by atomic mass is 9.95. The average Bonchev–Trinajstić information content (AvgIpc) is 2.61. The van der Waals surface area contributed by atoms with Gasteiger partial charge in [0.1, 0.15) is 6.54 Å². The van der Waals surface area contributed by atoms with Crippen molar-refractivity contribution in [1.29, 1.82) is 0 Å². The van der Waals surface area contributed by atoms with Gasteiger partial charge in [0.25, 0.3) is 0 Å². The van der Waals surface area contributed by atoms with Crippen LogP contribution < -0.4 is 0 Å². The van der Waals surface area contributed by atoms with Crippen LogP contribution in [0.4, 0.5) is 0 Å². The molecular weight excluding hydrogens is 286 g/mol. The van der Waals surface area contributed by atoms with Crippen LogP contribution in [0, 0.1) is 0 Å². The van der Waals surface area contributed by atoms with Crippen LogP contribution in [0.5, 0.6) is 0 Å². The Bertz CT molecular complexity index is 863. The molecule has 0 amide bonds. The van der Waals surface area contributed by atoms with Crippen molar-refractivity contribution in [2.75, 3.05) is 13.7 Å². The Balaban J connectivity index is 2.04. The summed E-state index contributed by atoms with van der Waals surface area (Å²) in [4.78, 5) is 15.4. The van der Waals surface area contributed by atoms with Gasteiger partial charge in [-0.05, 0) is 21.9 Å². The highest BCUT2D eigenvalue weighted by atomic mass is 16.5. The minimum atomic E-state index is -0.344. The molecule has 3 aromatic rings. The summed E-state index contributed by atoms with van der Waals surface area (Å²) in [6.45, 7) is 0.0281. The standard InChI is InChI=1S/C20H17NO2/c1-23-20(22)14-21-13-16-8-3-5-11-18(16)19-12-6-9-15-7-2-4-10-17(15)19/h2-13H,14H2,1H3. The Hall–Kier alpha value is -2.94. The van der Waals surface area contributed by atoms with Crippen molar-refractivity contribution in [1.82, 2.24) is 0 Å². The molecule has 0 fully saturated rings. The van der Waals surface area contributed by atoms with Crippen molar-refractivity contribution in [3.8, 4) is 11.1 Å². The second kappa shape index (κ2) is 6.88. The Kier molecular flexibility index (Phi) is 4.48. The van der Waals surface area contributed by atoms with Crippen molar-refractivity contribution in [2.24, 2.45) is 4.99 Å². The van der Waals surface area contributed by atoms with Crippen molar-refractivity contribution < 1.29 is 9.53 Å². The summed E-state index contributed by atoms with van der Waals surface area (Å²) in [5.74, 6) is -0.344. The minimum absolute atomic E-state index is 0.0281. The SMILES string of the molecule is COC(=O)CN=Cc1ccccc1-c1cccc2ccccc12. The first-order chi connectivity index (χ1) is 11.3. The van der Waals surface area contributed by atoms with Gasteiger partial charge in [0, 0.05) is 11.8 Å². The molecule has 0 saturated heterocycles. The number of carbonyl (C=O) groups is 1. The van der Waals surface area contributed by atoms with E-state index in [1.54, 1.807) is 6.21 Å². The molecule has 114 valence electrons. The van der Waals surface area contributed by atoms with E-state index in [4.69, 9.17) is 0 Å². The van der Waals surface area contributed by atoms with Crippen LogP contribution in [0.25, 0.3) is 21.9 Å².